The lowest BCUT2D eigenvalue weighted by atomic mass is 9.43. The van der Waals surface area contributed by atoms with Crippen molar-refractivity contribution < 1.29 is 16.8 Å². The number of allylic oxidation sites excluding steroid dienone is 1. The molecule has 2 bridgehead atoms. The van der Waals surface area contributed by atoms with Gasteiger partial charge in [-0.15, -0.1) is 6.58 Å². The molecule has 1 saturated heterocycles. The van der Waals surface area contributed by atoms with Gasteiger partial charge < -0.3 is 0 Å². The van der Waals surface area contributed by atoms with Gasteiger partial charge in [-0.2, -0.15) is 17.1 Å². The fourth-order valence-corrected chi connectivity index (χ4v) is 9.83. The van der Waals surface area contributed by atoms with Crippen LogP contribution >= 0.6 is 0 Å². The first kappa shape index (κ1) is 29.2. The van der Waals surface area contributed by atoms with E-state index in [2.05, 4.69) is 11.0 Å². The molecule has 220 valence electrons. The Balaban J connectivity index is 1.61. The average molecular weight is 611 g/mol. The number of sulfonamides is 2. The van der Waals surface area contributed by atoms with E-state index in [1.54, 1.807) is 58.9 Å². The molecule has 0 N–H and O–H groups in total. The quantitative estimate of drug-likeness (QED) is 0.204. The van der Waals surface area contributed by atoms with Gasteiger partial charge in [0.05, 0.1) is 15.8 Å². The molecule has 2 aliphatic rings. The molecule has 4 aromatic carbocycles. The van der Waals surface area contributed by atoms with Crippen molar-refractivity contribution in [3.8, 4) is 0 Å². The summed E-state index contributed by atoms with van der Waals surface area (Å²) < 4.78 is 62.6. The molecule has 1 heterocycles. The molecule has 0 radical (unpaired) electrons. The molecule has 6 nitrogen and oxygen atoms in total. The number of hydrogen-bond acceptors (Lipinski definition) is 4. The van der Waals surface area contributed by atoms with Gasteiger partial charge in [0, 0.05) is 29.5 Å². The van der Waals surface area contributed by atoms with Gasteiger partial charge in [0.25, 0.3) is 10.0 Å². The van der Waals surface area contributed by atoms with Crippen molar-refractivity contribution >= 4 is 25.8 Å². The first-order valence-corrected chi connectivity index (χ1v) is 17.2. The molecule has 8 heteroatoms. The molecular weight excluding hydrogens is 577 g/mol. The lowest BCUT2D eigenvalue weighted by Gasteiger charge is -2.66. The van der Waals surface area contributed by atoms with Crippen LogP contribution in [0.3, 0.4) is 0 Å². The maximum Gasteiger partial charge on any atom is 0.282 e. The van der Waals surface area contributed by atoms with E-state index >= 15 is 0 Å². The molecule has 1 aliphatic heterocycles. The molecule has 4 aromatic rings. The van der Waals surface area contributed by atoms with Crippen molar-refractivity contribution in [3.05, 3.63) is 144 Å². The van der Waals surface area contributed by atoms with Gasteiger partial charge in [0.2, 0.25) is 10.0 Å². The topological polar surface area (TPSA) is 83.9 Å². The average Bonchev–Trinajstić information content (AvgIpc) is 3.01. The van der Waals surface area contributed by atoms with Crippen molar-refractivity contribution in [2.75, 3.05) is 6.54 Å². The Hall–Kier alpha value is -3.85. The first-order chi connectivity index (χ1) is 20.6. The van der Waals surface area contributed by atoms with Crippen molar-refractivity contribution in [1.82, 2.24) is 4.31 Å². The summed E-state index contributed by atoms with van der Waals surface area (Å²) in [5.74, 6) is -0.615. The molecule has 1 aliphatic carbocycles. The minimum atomic E-state index is -4.07. The van der Waals surface area contributed by atoms with Crippen LogP contribution in [0.1, 0.15) is 40.6 Å². The highest BCUT2D eigenvalue weighted by atomic mass is 32.2. The summed E-state index contributed by atoms with van der Waals surface area (Å²) in [5.41, 5.74) is 3.23. The van der Waals surface area contributed by atoms with Crippen LogP contribution in [-0.2, 0) is 20.0 Å². The molecule has 6 rings (SSSR count). The van der Waals surface area contributed by atoms with E-state index in [9.17, 15) is 16.8 Å². The van der Waals surface area contributed by atoms with Crippen molar-refractivity contribution in [3.63, 3.8) is 0 Å². The second-order valence-electron chi connectivity index (χ2n) is 11.5. The lowest BCUT2D eigenvalue weighted by molar-refractivity contribution is 0.0243. The number of piperidine rings is 2. The van der Waals surface area contributed by atoms with Crippen LogP contribution in [0, 0.1) is 25.2 Å². The van der Waals surface area contributed by atoms with Gasteiger partial charge in [-0.3, -0.25) is 0 Å². The van der Waals surface area contributed by atoms with Crippen LogP contribution in [0.2, 0.25) is 0 Å². The minimum absolute atomic E-state index is 0.0937. The number of aryl methyl sites for hydroxylation is 2. The summed E-state index contributed by atoms with van der Waals surface area (Å²) in [5, 5.41) is 0. The highest BCUT2D eigenvalue weighted by Gasteiger charge is 2.70. The van der Waals surface area contributed by atoms with Crippen LogP contribution < -0.4 is 0 Å². The number of fused-ring (bicyclic) bond motifs is 2. The molecule has 1 saturated carbocycles. The predicted molar refractivity (Wildman–Crippen MR) is 170 cm³/mol. The second kappa shape index (κ2) is 11.0. The van der Waals surface area contributed by atoms with Crippen LogP contribution in [-0.4, -0.2) is 33.4 Å². The van der Waals surface area contributed by atoms with Gasteiger partial charge in [-0.05, 0) is 55.7 Å². The zero-order chi connectivity index (χ0) is 30.4. The van der Waals surface area contributed by atoms with Crippen molar-refractivity contribution in [2.45, 2.75) is 42.0 Å². The summed E-state index contributed by atoms with van der Waals surface area (Å²) in [6.07, 6.45) is 2.10. The smallest absolute Gasteiger partial charge is 0.207 e. The summed E-state index contributed by atoms with van der Waals surface area (Å²) in [6, 6.07) is 32.2. The maximum absolute atomic E-state index is 14.4. The van der Waals surface area contributed by atoms with Gasteiger partial charge in [-0.25, -0.2) is 8.42 Å². The van der Waals surface area contributed by atoms with Crippen LogP contribution in [0.15, 0.2) is 136 Å². The summed E-state index contributed by atoms with van der Waals surface area (Å²) in [4.78, 5) is 0.317. The molecule has 0 amide bonds. The SMILES string of the molecule is C=CC[C@]12/C(=N/S(=O)(=O)c3ccc(C)cc3)[C@H](CN(S(=O)(=O)c3ccc(C)cc3)[C@@H]1c1ccccc1)[C@H]2c1ccccc1. The highest BCUT2D eigenvalue weighted by Crippen LogP contribution is 2.68. The van der Waals surface area contributed by atoms with Gasteiger partial charge >= 0.3 is 0 Å². The number of hydrogen-bond donors (Lipinski definition) is 0. The van der Waals surface area contributed by atoms with Crippen molar-refractivity contribution in [1.29, 1.82) is 0 Å². The van der Waals surface area contributed by atoms with Crippen molar-refractivity contribution in [2.24, 2.45) is 15.7 Å². The van der Waals surface area contributed by atoms with E-state index in [0.29, 0.717) is 12.1 Å². The summed E-state index contributed by atoms with van der Waals surface area (Å²) in [6.45, 7) is 7.97. The molecule has 2 fully saturated rings. The Labute approximate surface area is 254 Å². The predicted octanol–water partition coefficient (Wildman–Crippen LogP) is 6.86. The Morgan fingerprint density at radius 2 is 1.28 bits per heavy atom. The first-order valence-electron chi connectivity index (χ1n) is 14.3. The van der Waals surface area contributed by atoms with E-state index < -0.39 is 37.4 Å². The Morgan fingerprint density at radius 3 is 1.81 bits per heavy atom. The normalized spacial score (nSPS) is 24.8. The van der Waals surface area contributed by atoms with Gasteiger partial charge in [-0.1, -0.05) is 102 Å². The summed E-state index contributed by atoms with van der Waals surface area (Å²) >= 11 is 0. The number of nitrogens with zero attached hydrogens (tertiary/aromatic N) is 2. The summed E-state index contributed by atoms with van der Waals surface area (Å²) in [7, 11) is -8.04. The van der Waals surface area contributed by atoms with Gasteiger partial charge in [0.15, 0.2) is 0 Å². The fourth-order valence-electron chi connectivity index (χ4n) is 6.98. The Kier molecular flexibility index (Phi) is 7.49. The van der Waals surface area contributed by atoms with E-state index in [1.165, 1.54) is 0 Å². The molecule has 43 heavy (non-hydrogen) atoms. The highest BCUT2D eigenvalue weighted by molar-refractivity contribution is 7.90. The van der Waals surface area contributed by atoms with E-state index in [4.69, 9.17) is 0 Å². The van der Waals surface area contributed by atoms with E-state index in [-0.39, 0.29) is 22.3 Å². The third kappa shape index (κ3) is 4.87. The monoisotopic (exact) mass is 610 g/mol. The van der Waals surface area contributed by atoms with Gasteiger partial charge in [0.1, 0.15) is 0 Å². The third-order valence-corrected chi connectivity index (χ3v) is 12.0. The standard InChI is InChI=1S/C35H34N2O4S2/c1-4-23-35-32(27-11-7-5-8-12-27)31(33(35)36-42(38,39)29-19-15-25(2)16-20-29)24-37(34(35)28-13-9-6-10-14-28)43(40,41)30-21-17-26(3)18-22-30/h4-22,31-32,34H,1,23-24H2,2-3H3/b36-33+/t31-,32-,34-,35+/m1/s1. The van der Waals surface area contributed by atoms with Crippen LogP contribution in [0.5, 0.6) is 0 Å². The second-order valence-corrected chi connectivity index (χ2v) is 15.0. The van der Waals surface area contributed by atoms with E-state index in [1.807, 2.05) is 74.5 Å². The Bertz CT molecular complexity index is 1890. The molecule has 4 atom stereocenters. The number of benzene rings is 4. The molecule has 0 spiro atoms. The molecular formula is C35H34N2O4S2. The maximum atomic E-state index is 14.4. The largest absolute Gasteiger partial charge is 0.282 e. The fraction of sp³-hybridized carbons (Fsp3) is 0.229. The zero-order valence-electron chi connectivity index (χ0n) is 24.2. The van der Waals surface area contributed by atoms with Crippen LogP contribution in [0.25, 0.3) is 0 Å². The lowest BCUT2D eigenvalue weighted by Crippen LogP contribution is -2.70. The third-order valence-electron chi connectivity index (χ3n) is 8.86. The minimum Gasteiger partial charge on any atom is -0.207 e. The molecule has 0 unspecified atom stereocenters. The Morgan fingerprint density at radius 1 is 0.767 bits per heavy atom. The zero-order valence-corrected chi connectivity index (χ0v) is 25.8. The molecule has 0 aromatic heterocycles. The van der Waals surface area contributed by atoms with E-state index in [0.717, 1.165) is 22.3 Å². The number of rotatable bonds is 8. The van der Waals surface area contributed by atoms with Crippen LogP contribution in [0.4, 0.5) is 0 Å².